The summed E-state index contributed by atoms with van der Waals surface area (Å²) in [6, 6.07) is 12.9. The van der Waals surface area contributed by atoms with Crippen LogP contribution in [0.3, 0.4) is 0 Å². The molecule has 0 atom stereocenters. The number of carbonyl (C=O) groups excluding carboxylic acids is 2. The van der Waals surface area contributed by atoms with Crippen molar-refractivity contribution in [1.82, 2.24) is 14.7 Å². The zero-order valence-corrected chi connectivity index (χ0v) is 15.3. The van der Waals surface area contributed by atoms with E-state index in [9.17, 15) is 9.59 Å². The Balaban J connectivity index is 2.00. The van der Waals surface area contributed by atoms with E-state index in [4.69, 9.17) is 0 Å². The lowest BCUT2D eigenvalue weighted by Crippen LogP contribution is -2.41. The van der Waals surface area contributed by atoms with Crippen LogP contribution in [0.4, 0.5) is 5.69 Å². The molecule has 1 aromatic carbocycles. The highest BCUT2D eigenvalue weighted by atomic mass is 16.2. The topological polar surface area (TPSA) is 75.5 Å². The van der Waals surface area contributed by atoms with Crippen molar-refractivity contribution in [1.29, 1.82) is 0 Å². The second-order valence-electron chi connectivity index (χ2n) is 7.21. The average Bonchev–Trinajstić information content (AvgIpc) is 2.95. The number of pyridine rings is 1. The summed E-state index contributed by atoms with van der Waals surface area (Å²) >= 11 is 0. The number of imidazole rings is 1. The van der Waals surface area contributed by atoms with E-state index in [2.05, 4.69) is 15.6 Å². The molecule has 3 rings (SSSR count). The van der Waals surface area contributed by atoms with Crippen molar-refractivity contribution in [2.75, 3.05) is 5.32 Å². The number of hydrogen-bond acceptors (Lipinski definition) is 3. The molecule has 0 aliphatic carbocycles. The summed E-state index contributed by atoms with van der Waals surface area (Å²) in [4.78, 5) is 29.7. The Hall–Kier alpha value is -3.15. The molecule has 0 saturated carbocycles. The fraction of sp³-hybridized carbons (Fsp3) is 0.250. The van der Waals surface area contributed by atoms with Crippen LogP contribution >= 0.6 is 0 Å². The second-order valence-corrected chi connectivity index (χ2v) is 7.21. The molecule has 0 fully saturated rings. The minimum atomic E-state index is -0.402. The number of fused-ring (bicyclic) bond motifs is 1. The standard InChI is InChI=1S/C20H22N4O2/c1-13-9-5-6-10-14(13)21-18(25)16-15-11-7-8-12-24(15)17(22-16)19(26)23-20(2,3)4/h5-12H,1-4H3,(H,21,25)(H,23,26). The van der Waals surface area contributed by atoms with Gasteiger partial charge < -0.3 is 10.6 Å². The van der Waals surface area contributed by atoms with E-state index < -0.39 is 5.54 Å². The number of nitrogens with zero attached hydrogens (tertiary/aromatic N) is 2. The van der Waals surface area contributed by atoms with Gasteiger partial charge in [-0.15, -0.1) is 0 Å². The van der Waals surface area contributed by atoms with Gasteiger partial charge in [-0.2, -0.15) is 0 Å². The van der Waals surface area contributed by atoms with Crippen molar-refractivity contribution in [2.24, 2.45) is 0 Å². The van der Waals surface area contributed by atoms with Gasteiger partial charge in [0, 0.05) is 17.4 Å². The number of carbonyl (C=O) groups is 2. The number of benzene rings is 1. The van der Waals surface area contributed by atoms with Crippen LogP contribution in [0.25, 0.3) is 5.52 Å². The van der Waals surface area contributed by atoms with E-state index >= 15 is 0 Å². The maximum absolute atomic E-state index is 12.8. The predicted octanol–water partition coefficient (Wildman–Crippen LogP) is 3.42. The molecule has 0 unspecified atom stereocenters. The summed E-state index contributed by atoms with van der Waals surface area (Å²) in [5.41, 5.74) is 2.07. The van der Waals surface area contributed by atoms with Gasteiger partial charge in [0.25, 0.3) is 11.8 Å². The summed E-state index contributed by atoms with van der Waals surface area (Å²) < 4.78 is 1.63. The first-order valence-electron chi connectivity index (χ1n) is 8.43. The third-order valence-electron chi connectivity index (χ3n) is 3.85. The molecule has 6 heteroatoms. The lowest BCUT2D eigenvalue weighted by molar-refractivity contribution is 0.0908. The number of rotatable bonds is 3. The smallest absolute Gasteiger partial charge is 0.288 e. The highest BCUT2D eigenvalue weighted by Crippen LogP contribution is 2.18. The molecule has 0 aliphatic rings. The molecule has 134 valence electrons. The van der Waals surface area contributed by atoms with Gasteiger partial charge in [-0.1, -0.05) is 24.3 Å². The number of amides is 2. The van der Waals surface area contributed by atoms with Gasteiger partial charge in [0.2, 0.25) is 5.82 Å². The molecule has 6 nitrogen and oxygen atoms in total. The van der Waals surface area contributed by atoms with Gasteiger partial charge in [-0.25, -0.2) is 4.98 Å². The number of anilines is 1. The van der Waals surface area contributed by atoms with Crippen molar-refractivity contribution in [3.63, 3.8) is 0 Å². The van der Waals surface area contributed by atoms with E-state index in [0.717, 1.165) is 11.3 Å². The lowest BCUT2D eigenvalue weighted by Gasteiger charge is -2.19. The minimum absolute atomic E-state index is 0.186. The number of aromatic nitrogens is 2. The highest BCUT2D eigenvalue weighted by Gasteiger charge is 2.24. The van der Waals surface area contributed by atoms with Crippen molar-refractivity contribution >= 4 is 23.0 Å². The first-order chi connectivity index (χ1) is 12.3. The Kier molecular flexibility index (Phi) is 4.50. The molecular weight excluding hydrogens is 328 g/mol. The van der Waals surface area contributed by atoms with Crippen LogP contribution in [0.1, 0.15) is 47.4 Å². The number of hydrogen-bond donors (Lipinski definition) is 2. The fourth-order valence-corrected chi connectivity index (χ4v) is 2.66. The molecule has 2 amide bonds. The Morgan fingerprint density at radius 1 is 1.00 bits per heavy atom. The Bertz CT molecular complexity index is 983. The summed E-state index contributed by atoms with van der Waals surface area (Å²) in [6.07, 6.45) is 1.73. The molecule has 2 N–H and O–H groups in total. The van der Waals surface area contributed by atoms with E-state index in [1.54, 1.807) is 22.7 Å². The minimum Gasteiger partial charge on any atom is -0.345 e. The molecule has 0 aliphatic heterocycles. The van der Waals surface area contributed by atoms with Crippen molar-refractivity contribution in [3.8, 4) is 0 Å². The lowest BCUT2D eigenvalue weighted by atomic mass is 10.1. The van der Waals surface area contributed by atoms with Crippen LogP contribution in [0.2, 0.25) is 0 Å². The van der Waals surface area contributed by atoms with Gasteiger partial charge in [0.15, 0.2) is 5.69 Å². The van der Waals surface area contributed by atoms with Gasteiger partial charge in [0.1, 0.15) is 0 Å². The van der Waals surface area contributed by atoms with Crippen LogP contribution < -0.4 is 10.6 Å². The SMILES string of the molecule is Cc1ccccc1NC(=O)c1nc(C(=O)NC(C)(C)C)n2ccccc12. The van der Waals surface area contributed by atoms with Crippen LogP contribution in [-0.2, 0) is 0 Å². The molecule has 0 radical (unpaired) electrons. The monoisotopic (exact) mass is 350 g/mol. The third kappa shape index (κ3) is 3.59. The van der Waals surface area contributed by atoms with Crippen LogP contribution in [-0.4, -0.2) is 26.7 Å². The first kappa shape index (κ1) is 17.7. The quantitative estimate of drug-likeness (QED) is 0.760. The van der Waals surface area contributed by atoms with Gasteiger partial charge in [-0.3, -0.25) is 14.0 Å². The summed E-state index contributed by atoms with van der Waals surface area (Å²) in [6.45, 7) is 7.61. The van der Waals surface area contributed by atoms with E-state index in [1.807, 2.05) is 58.0 Å². The van der Waals surface area contributed by atoms with Gasteiger partial charge in [0.05, 0.1) is 5.52 Å². The third-order valence-corrected chi connectivity index (χ3v) is 3.85. The zero-order chi connectivity index (χ0) is 18.9. The van der Waals surface area contributed by atoms with Gasteiger partial charge >= 0.3 is 0 Å². The molecule has 2 heterocycles. The van der Waals surface area contributed by atoms with E-state index in [-0.39, 0.29) is 23.3 Å². The summed E-state index contributed by atoms with van der Waals surface area (Å²) in [5, 5.41) is 5.76. The number of para-hydroxylation sites is 1. The predicted molar refractivity (Wildman–Crippen MR) is 102 cm³/mol. The molecule has 0 spiro atoms. The Morgan fingerprint density at radius 2 is 1.69 bits per heavy atom. The fourth-order valence-electron chi connectivity index (χ4n) is 2.66. The number of aryl methyl sites for hydroxylation is 1. The van der Waals surface area contributed by atoms with Crippen molar-refractivity contribution in [3.05, 3.63) is 65.7 Å². The first-order valence-corrected chi connectivity index (χ1v) is 8.43. The van der Waals surface area contributed by atoms with Crippen molar-refractivity contribution < 1.29 is 9.59 Å². The van der Waals surface area contributed by atoms with E-state index in [1.165, 1.54) is 0 Å². The highest BCUT2D eigenvalue weighted by molar-refractivity contribution is 6.09. The zero-order valence-electron chi connectivity index (χ0n) is 15.3. The molecule has 3 aromatic rings. The maximum atomic E-state index is 12.8. The normalized spacial score (nSPS) is 11.4. The molecular formula is C20H22N4O2. The van der Waals surface area contributed by atoms with Gasteiger partial charge in [-0.05, 0) is 51.5 Å². The average molecular weight is 350 g/mol. The maximum Gasteiger partial charge on any atom is 0.288 e. The Labute approximate surface area is 152 Å². The van der Waals surface area contributed by atoms with Crippen LogP contribution in [0.15, 0.2) is 48.7 Å². The molecule has 2 aromatic heterocycles. The van der Waals surface area contributed by atoms with E-state index in [0.29, 0.717) is 5.52 Å². The number of nitrogens with one attached hydrogen (secondary N) is 2. The van der Waals surface area contributed by atoms with Crippen LogP contribution in [0.5, 0.6) is 0 Å². The molecule has 0 bridgehead atoms. The molecule has 0 saturated heterocycles. The largest absolute Gasteiger partial charge is 0.345 e. The van der Waals surface area contributed by atoms with Crippen molar-refractivity contribution in [2.45, 2.75) is 33.2 Å². The molecule has 26 heavy (non-hydrogen) atoms. The Morgan fingerprint density at radius 3 is 2.38 bits per heavy atom. The summed E-state index contributed by atoms with van der Waals surface area (Å²) in [5.74, 6) is -0.489. The van der Waals surface area contributed by atoms with Crippen LogP contribution in [0, 0.1) is 6.92 Å². The summed E-state index contributed by atoms with van der Waals surface area (Å²) in [7, 11) is 0. The second kappa shape index (κ2) is 6.63.